The second kappa shape index (κ2) is 9.28. The number of nitrogens with one attached hydrogen (secondary N) is 1. The first-order valence-corrected chi connectivity index (χ1v) is 7.81. The molecule has 2 aliphatic rings. The minimum Gasteiger partial charge on any atom is -1.00 e. The zero-order valence-electron chi connectivity index (χ0n) is 13.0. The minimum atomic E-state index is 0. The van der Waals surface area contributed by atoms with Crippen LogP contribution in [0.25, 0.3) is 0 Å². The molecule has 3 atom stereocenters. The lowest BCUT2D eigenvalue weighted by molar-refractivity contribution is -0.887. The molecule has 1 aliphatic carbocycles. The van der Waals surface area contributed by atoms with E-state index in [4.69, 9.17) is 9.94 Å². The summed E-state index contributed by atoms with van der Waals surface area (Å²) in [5, 5.41) is 11.9. The average molecular weight is 318 g/mol. The molecule has 1 saturated carbocycles. The maximum atomic E-state index is 8.76. The van der Waals surface area contributed by atoms with E-state index in [1.165, 1.54) is 37.0 Å². The van der Waals surface area contributed by atoms with Gasteiger partial charge in [-0.15, -0.1) is 0 Å². The Hall–Kier alpha value is -0.780. The van der Waals surface area contributed by atoms with E-state index in [9.17, 15) is 0 Å². The summed E-state index contributed by atoms with van der Waals surface area (Å²) in [6.45, 7) is 2.86. The summed E-state index contributed by atoms with van der Waals surface area (Å²) in [7, 11) is 1.98. The lowest BCUT2D eigenvalue weighted by atomic mass is 9.97. The molecule has 3 unspecified atom stereocenters. The van der Waals surface area contributed by atoms with Gasteiger partial charge >= 0.3 is 0 Å². The van der Waals surface area contributed by atoms with Crippen LogP contribution in [-0.2, 0) is 4.74 Å². The van der Waals surface area contributed by atoms with Crippen LogP contribution < -0.4 is 17.3 Å². The highest BCUT2D eigenvalue weighted by atomic mass is 35.5. The summed E-state index contributed by atoms with van der Waals surface area (Å²) >= 11 is 0. The van der Waals surface area contributed by atoms with Gasteiger partial charge in [-0.25, -0.2) is 0 Å². The van der Waals surface area contributed by atoms with Crippen molar-refractivity contribution in [2.45, 2.75) is 57.7 Å². The molecule has 2 rings (SSSR count). The van der Waals surface area contributed by atoms with Crippen LogP contribution >= 0.6 is 0 Å². The molecule has 0 saturated heterocycles. The van der Waals surface area contributed by atoms with Gasteiger partial charge in [-0.3, -0.25) is 4.90 Å². The number of hydrogen-bond donors (Lipinski definition) is 2. The van der Waals surface area contributed by atoms with Crippen LogP contribution in [-0.4, -0.2) is 42.4 Å². The Morgan fingerprint density at radius 1 is 1.48 bits per heavy atom. The van der Waals surface area contributed by atoms with Gasteiger partial charge in [0.25, 0.3) is 0 Å². The summed E-state index contributed by atoms with van der Waals surface area (Å²) < 4.78 is 6.22. The maximum Gasteiger partial charge on any atom is 0.209 e. The molecule has 6 heteroatoms. The molecule has 1 fully saturated rings. The lowest BCUT2D eigenvalue weighted by Crippen LogP contribution is -3.12. The third-order valence-electron chi connectivity index (χ3n) is 4.51. The molecule has 0 aromatic carbocycles. The van der Waals surface area contributed by atoms with Gasteiger partial charge in [-0.2, -0.15) is 0 Å². The first kappa shape index (κ1) is 18.3. The second-order valence-electron chi connectivity index (χ2n) is 5.95. The number of nitrogens with zero attached hydrogens (tertiary/aromatic N) is 2. The van der Waals surface area contributed by atoms with Gasteiger partial charge in [0.05, 0.1) is 12.3 Å². The zero-order chi connectivity index (χ0) is 14.4. The fourth-order valence-electron chi connectivity index (χ4n) is 3.34. The van der Waals surface area contributed by atoms with Crippen molar-refractivity contribution in [3.05, 3.63) is 12.4 Å². The number of rotatable bonds is 7. The Morgan fingerprint density at radius 2 is 2.19 bits per heavy atom. The van der Waals surface area contributed by atoms with Gasteiger partial charge < -0.3 is 27.3 Å². The number of oxime groups is 1. The first-order valence-electron chi connectivity index (χ1n) is 7.81. The molecule has 5 nitrogen and oxygen atoms in total. The van der Waals surface area contributed by atoms with Crippen molar-refractivity contribution in [2.24, 2.45) is 11.1 Å². The van der Waals surface area contributed by atoms with E-state index in [2.05, 4.69) is 18.3 Å². The third kappa shape index (κ3) is 4.87. The zero-order valence-corrected chi connectivity index (χ0v) is 13.8. The Morgan fingerprint density at radius 3 is 2.81 bits per heavy atom. The van der Waals surface area contributed by atoms with E-state index in [1.807, 2.05) is 18.1 Å². The smallest absolute Gasteiger partial charge is 0.209 e. The molecule has 1 aliphatic heterocycles. The molecular weight excluding hydrogens is 290 g/mol. The molecule has 0 aromatic rings. The minimum absolute atomic E-state index is 0. The quantitative estimate of drug-likeness (QED) is 0.338. The fourth-order valence-corrected chi connectivity index (χ4v) is 3.34. The topological polar surface area (TPSA) is 49.5 Å². The van der Waals surface area contributed by atoms with Gasteiger partial charge in [-0.05, 0) is 25.2 Å². The van der Waals surface area contributed by atoms with Gasteiger partial charge in [0, 0.05) is 7.05 Å². The lowest BCUT2D eigenvalue weighted by Gasteiger charge is -2.27. The summed E-state index contributed by atoms with van der Waals surface area (Å²) in [5.74, 6) is 0.739. The maximum absolute atomic E-state index is 8.76. The summed E-state index contributed by atoms with van der Waals surface area (Å²) in [6, 6.07) is 0. The van der Waals surface area contributed by atoms with Crippen LogP contribution in [0, 0.1) is 5.92 Å². The van der Waals surface area contributed by atoms with E-state index in [1.54, 1.807) is 6.21 Å². The summed E-state index contributed by atoms with van der Waals surface area (Å²) in [6.07, 6.45) is 13.7. The van der Waals surface area contributed by atoms with Gasteiger partial charge in [0.15, 0.2) is 6.73 Å². The Kier molecular flexibility index (Phi) is 8.07. The highest BCUT2D eigenvalue weighted by Crippen LogP contribution is 2.31. The third-order valence-corrected chi connectivity index (χ3v) is 4.51. The van der Waals surface area contributed by atoms with E-state index in [-0.39, 0.29) is 18.6 Å². The molecule has 0 aromatic heterocycles. The van der Waals surface area contributed by atoms with E-state index in [0.29, 0.717) is 12.8 Å². The molecule has 0 spiro atoms. The Balaban J connectivity index is 0.00000220. The molecular formula is C15H28ClN3O2. The predicted molar refractivity (Wildman–Crippen MR) is 78.5 cm³/mol. The second-order valence-corrected chi connectivity index (χ2v) is 5.95. The van der Waals surface area contributed by atoms with Gasteiger partial charge in [-0.1, -0.05) is 31.3 Å². The first-order chi connectivity index (χ1) is 9.76. The van der Waals surface area contributed by atoms with E-state index in [0.717, 1.165) is 12.3 Å². The molecule has 21 heavy (non-hydrogen) atoms. The monoisotopic (exact) mass is 317 g/mol. The SMILES string of the molecule is CCCC(OC[NH+]1C=CN(C)C1/C=N\O)C1CCCC1.[Cl-]. The number of ether oxygens (including phenoxy) is 1. The van der Waals surface area contributed by atoms with Gasteiger partial charge in [0.2, 0.25) is 6.17 Å². The predicted octanol–water partition coefficient (Wildman–Crippen LogP) is -1.59. The molecule has 0 amide bonds. The van der Waals surface area contributed by atoms with Crippen molar-refractivity contribution in [3.63, 3.8) is 0 Å². The molecule has 122 valence electrons. The highest BCUT2D eigenvalue weighted by molar-refractivity contribution is 5.61. The number of halogens is 1. The largest absolute Gasteiger partial charge is 1.00 e. The van der Waals surface area contributed by atoms with Crippen molar-refractivity contribution in [3.8, 4) is 0 Å². The fraction of sp³-hybridized carbons (Fsp3) is 0.800. The van der Waals surface area contributed by atoms with Crippen LogP contribution in [0.5, 0.6) is 0 Å². The van der Waals surface area contributed by atoms with Gasteiger partial charge in [0.1, 0.15) is 12.4 Å². The highest BCUT2D eigenvalue weighted by Gasteiger charge is 2.30. The molecule has 0 radical (unpaired) electrons. The Labute approximate surface area is 134 Å². The van der Waals surface area contributed by atoms with Crippen LogP contribution in [0.2, 0.25) is 0 Å². The number of hydrogen-bond acceptors (Lipinski definition) is 4. The summed E-state index contributed by atoms with van der Waals surface area (Å²) in [4.78, 5) is 3.20. The van der Waals surface area contributed by atoms with Crippen LogP contribution in [0.3, 0.4) is 0 Å². The van der Waals surface area contributed by atoms with Crippen LogP contribution in [0.4, 0.5) is 0 Å². The molecule has 0 bridgehead atoms. The van der Waals surface area contributed by atoms with E-state index < -0.39 is 0 Å². The van der Waals surface area contributed by atoms with Crippen LogP contribution in [0.1, 0.15) is 45.4 Å². The summed E-state index contributed by atoms with van der Waals surface area (Å²) in [5.41, 5.74) is 0. The van der Waals surface area contributed by atoms with Crippen molar-refractivity contribution in [2.75, 3.05) is 13.8 Å². The normalized spacial score (nSPS) is 27.4. The molecule has 1 heterocycles. The standard InChI is InChI=1S/C15H27N3O2.ClH/c1-3-6-14(13-7-4-5-8-13)20-12-18-10-9-17(2)15(18)11-16-19;/h9-11,13-15,19H,3-8,12H2,1-2H3;1H/b16-11-;. The number of quaternary nitrogens is 1. The van der Waals surface area contributed by atoms with Crippen molar-refractivity contribution in [1.82, 2.24) is 4.90 Å². The Bertz CT molecular complexity index is 346. The molecule has 2 N–H and O–H groups in total. The van der Waals surface area contributed by atoms with Crippen molar-refractivity contribution in [1.29, 1.82) is 0 Å². The van der Waals surface area contributed by atoms with Crippen LogP contribution in [0.15, 0.2) is 17.6 Å². The van der Waals surface area contributed by atoms with E-state index >= 15 is 0 Å². The van der Waals surface area contributed by atoms with Crippen molar-refractivity contribution < 1.29 is 27.3 Å². The van der Waals surface area contributed by atoms with Crippen molar-refractivity contribution >= 4 is 6.21 Å². The average Bonchev–Trinajstić information content (AvgIpc) is 3.07.